The van der Waals surface area contributed by atoms with E-state index in [-0.39, 0.29) is 6.42 Å². The van der Waals surface area contributed by atoms with E-state index in [1.807, 2.05) is 36.4 Å². The number of hydrogen-bond donors (Lipinski definition) is 2. The van der Waals surface area contributed by atoms with E-state index in [1.165, 1.54) is 7.11 Å². The molecular weight excluding hydrogens is 486 g/mol. The van der Waals surface area contributed by atoms with Crippen molar-refractivity contribution >= 4 is 23.9 Å². The highest BCUT2D eigenvalue weighted by molar-refractivity contribution is 5.94. The molecule has 0 aliphatic rings. The Hall–Kier alpha value is -4.32. The van der Waals surface area contributed by atoms with Gasteiger partial charge in [0.05, 0.1) is 7.11 Å². The van der Waals surface area contributed by atoms with Gasteiger partial charge < -0.3 is 20.1 Å². The van der Waals surface area contributed by atoms with Crippen molar-refractivity contribution in [1.29, 1.82) is 0 Å². The third kappa shape index (κ3) is 8.37. The lowest BCUT2D eigenvalue weighted by Crippen LogP contribution is -2.52. The Morgan fingerprint density at radius 3 is 2.13 bits per heavy atom. The minimum absolute atomic E-state index is 0.0976. The SMILES string of the molecule is C#CN(C(=O)C(Cc1ccccc1)NC(=O)OC(C)(C)C)C(C(=O)NCC(=O)OC)c1c(C)cccc1C. The molecule has 0 fully saturated rings. The zero-order valence-electron chi connectivity index (χ0n) is 22.7. The van der Waals surface area contributed by atoms with Crippen molar-refractivity contribution in [3.8, 4) is 12.5 Å². The number of amides is 3. The van der Waals surface area contributed by atoms with Crippen LogP contribution in [0.25, 0.3) is 0 Å². The summed E-state index contributed by atoms with van der Waals surface area (Å²) in [5.74, 6) is -2.02. The number of ether oxygens (including phenoxy) is 2. The van der Waals surface area contributed by atoms with Gasteiger partial charge in [0.1, 0.15) is 24.2 Å². The fourth-order valence-corrected chi connectivity index (χ4v) is 3.90. The van der Waals surface area contributed by atoms with E-state index in [0.717, 1.165) is 21.6 Å². The van der Waals surface area contributed by atoms with Gasteiger partial charge in [-0.1, -0.05) is 55.0 Å². The Labute approximate surface area is 223 Å². The number of terminal acetylenes is 1. The number of hydrogen-bond acceptors (Lipinski definition) is 6. The number of nitrogens with one attached hydrogen (secondary N) is 2. The topological polar surface area (TPSA) is 114 Å². The first-order chi connectivity index (χ1) is 17.9. The first-order valence-electron chi connectivity index (χ1n) is 12.1. The second kappa shape index (κ2) is 13.3. The van der Waals surface area contributed by atoms with E-state index in [9.17, 15) is 19.2 Å². The number of alkyl carbamates (subject to hydrolysis) is 1. The number of rotatable bonds is 9. The molecule has 0 radical (unpaired) electrons. The Morgan fingerprint density at radius 2 is 1.61 bits per heavy atom. The molecule has 2 rings (SSSR count). The van der Waals surface area contributed by atoms with E-state index in [0.29, 0.717) is 5.56 Å². The van der Waals surface area contributed by atoms with Crippen molar-refractivity contribution in [2.75, 3.05) is 13.7 Å². The minimum atomic E-state index is -1.28. The summed E-state index contributed by atoms with van der Waals surface area (Å²) in [6, 6.07) is 14.4. The largest absolute Gasteiger partial charge is 0.468 e. The Kier molecular flexibility index (Phi) is 10.5. The second-order valence-corrected chi connectivity index (χ2v) is 9.73. The summed E-state index contributed by atoms with van der Waals surface area (Å²) < 4.78 is 9.99. The highest BCUT2D eigenvalue weighted by atomic mass is 16.6. The normalized spacial score (nSPS) is 12.3. The first-order valence-corrected chi connectivity index (χ1v) is 12.1. The quantitative estimate of drug-likeness (QED) is 0.298. The fraction of sp³-hybridized carbons (Fsp3) is 0.379. The molecule has 2 atom stereocenters. The number of carbonyl (C=O) groups is 4. The Bertz CT molecular complexity index is 1180. The van der Waals surface area contributed by atoms with Gasteiger partial charge in [-0.25, -0.2) is 4.79 Å². The lowest BCUT2D eigenvalue weighted by molar-refractivity contribution is -0.142. The van der Waals surface area contributed by atoms with Crippen LogP contribution in [0.5, 0.6) is 0 Å². The number of aryl methyl sites for hydroxylation is 2. The maximum absolute atomic E-state index is 14.0. The van der Waals surface area contributed by atoms with Gasteiger partial charge in [0, 0.05) is 12.5 Å². The molecule has 0 bridgehead atoms. The number of methoxy groups -OCH3 is 1. The van der Waals surface area contributed by atoms with Gasteiger partial charge in [0.15, 0.2) is 0 Å². The van der Waals surface area contributed by atoms with Crippen molar-refractivity contribution in [3.05, 3.63) is 70.8 Å². The minimum Gasteiger partial charge on any atom is -0.468 e. The van der Waals surface area contributed by atoms with E-state index in [4.69, 9.17) is 11.2 Å². The number of benzene rings is 2. The summed E-state index contributed by atoms with van der Waals surface area (Å²) in [7, 11) is 1.20. The summed E-state index contributed by atoms with van der Waals surface area (Å²) in [4.78, 5) is 52.7. The second-order valence-electron chi connectivity index (χ2n) is 9.73. The van der Waals surface area contributed by atoms with Crippen molar-refractivity contribution in [2.24, 2.45) is 0 Å². The maximum Gasteiger partial charge on any atom is 0.408 e. The van der Waals surface area contributed by atoms with Gasteiger partial charge in [-0.05, 0) is 56.9 Å². The maximum atomic E-state index is 14.0. The van der Waals surface area contributed by atoms with Gasteiger partial charge in [0.2, 0.25) is 5.91 Å². The molecule has 9 heteroatoms. The fourth-order valence-electron chi connectivity index (χ4n) is 3.90. The summed E-state index contributed by atoms with van der Waals surface area (Å²) in [6.07, 6.45) is 5.13. The van der Waals surface area contributed by atoms with E-state index in [1.54, 1.807) is 46.8 Å². The molecule has 2 aromatic rings. The van der Waals surface area contributed by atoms with Crippen LogP contribution in [0.3, 0.4) is 0 Å². The molecule has 0 heterocycles. The molecule has 0 aliphatic heterocycles. The molecule has 0 aliphatic carbocycles. The Morgan fingerprint density at radius 1 is 1.00 bits per heavy atom. The predicted molar refractivity (Wildman–Crippen MR) is 143 cm³/mol. The summed E-state index contributed by atoms with van der Waals surface area (Å²) in [5.41, 5.74) is 1.91. The molecule has 38 heavy (non-hydrogen) atoms. The van der Waals surface area contributed by atoms with Crippen molar-refractivity contribution in [1.82, 2.24) is 15.5 Å². The van der Waals surface area contributed by atoms with Crippen LogP contribution in [0.15, 0.2) is 48.5 Å². The summed E-state index contributed by atoms with van der Waals surface area (Å²) in [6.45, 7) is 8.29. The van der Waals surface area contributed by atoms with Crippen LogP contribution in [-0.2, 0) is 30.3 Å². The molecule has 202 valence electrons. The number of esters is 1. The van der Waals surface area contributed by atoms with Crippen molar-refractivity contribution < 1.29 is 28.7 Å². The molecule has 0 spiro atoms. The molecular formula is C29H35N3O6. The van der Waals surface area contributed by atoms with E-state index >= 15 is 0 Å². The third-order valence-corrected chi connectivity index (χ3v) is 5.60. The van der Waals surface area contributed by atoms with Gasteiger partial charge in [-0.3, -0.25) is 19.3 Å². The van der Waals surface area contributed by atoms with Crippen LogP contribution in [-0.4, -0.2) is 54.1 Å². The molecule has 2 unspecified atom stereocenters. The molecule has 2 aromatic carbocycles. The van der Waals surface area contributed by atoms with Crippen LogP contribution in [0.4, 0.5) is 4.79 Å². The van der Waals surface area contributed by atoms with E-state index in [2.05, 4.69) is 21.4 Å². The van der Waals surface area contributed by atoms with Gasteiger partial charge in [-0.2, -0.15) is 0 Å². The molecule has 3 amide bonds. The average Bonchev–Trinajstić information content (AvgIpc) is 2.85. The van der Waals surface area contributed by atoms with Gasteiger partial charge >= 0.3 is 12.1 Å². The Balaban J connectivity index is 2.53. The van der Waals surface area contributed by atoms with Crippen LogP contribution < -0.4 is 10.6 Å². The molecule has 9 nitrogen and oxygen atoms in total. The van der Waals surface area contributed by atoms with Crippen molar-refractivity contribution in [2.45, 2.75) is 58.7 Å². The molecule has 0 aromatic heterocycles. The van der Waals surface area contributed by atoms with Crippen LogP contribution in [0.1, 0.15) is 49.1 Å². The zero-order chi connectivity index (χ0) is 28.5. The highest BCUT2D eigenvalue weighted by Crippen LogP contribution is 2.28. The summed E-state index contributed by atoms with van der Waals surface area (Å²) >= 11 is 0. The average molecular weight is 522 g/mol. The number of nitrogens with zero attached hydrogens (tertiary/aromatic N) is 1. The highest BCUT2D eigenvalue weighted by Gasteiger charge is 2.37. The van der Waals surface area contributed by atoms with E-state index < -0.39 is 48.1 Å². The predicted octanol–water partition coefficient (Wildman–Crippen LogP) is 3.19. The molecule has 0 saturated heterocycles. The standard InChI is InChI=1S/C29H35N3O6/c1-8-32(25(26(34)30-18-23(33)37-7)24-19(2)13-12-14-20(24)3)27(35)22(17-21-15-10-9-11-16-21)31-28(36)38-29(4,5)6/h1,9-16,22,25H,17-18H2,2-7H3,(H,30,34)(H,31,36). The first kappa shape index (κ1) is 29.9. The summed E-state index contributed by atoms with van der Waals surface area (Å²) in [5, 5.41) is 5.12. The molecule has 0 saturated carbocycles. The van der Waals surface area contributed by atoms with Gasteiger partial charge in [-0.15, -0.1) is 0 Å². The van der Waals surface area contributed by atoms with Crippen molar-refractivity contribution in [3.63, 3.8) is 0 Å². The number of carbonyl (C=O) groups excluding carboxylic acids is 4. The zero-order valence-corrected chi connectivity index (χ0v) is 22.7. The van der Waals surface area contributed by atoms with Crippen LogP contribution in [0.2, 0.25) is 0 Å². The lowest BCUT2D eigenvalue weighted by atomic mass is 9.93. The van der Waals surface area contributed by atoms with Gasteiger partial charge in [0.25, 0.3) is 5.91 Å². The van der Waals surface area contributed by atoms with Crippen LogP contribution >= 0.6 is 0 Å². The lowest BCUT2D eigenvalue weighted by Gasteiger charge is -2.31. The smallest absolute Gasteiger partial charge is 0.408 e. The monoisotopic (exact) mass is 521 g/mol. The van der Waals surface area contributed by atoms with Crippen LogP contribution in [0, 0.1) is 26.3 Å². The molecule has 2 N–H and O–H groups in total. The third-order valence-electron chi connectivity index (χ3n) is 5.60.